The van der Waals surface area contributed by atoms with Gasteiger partial charge in [0.2, 0.25) is 0 Å². The highest BCUT2D eigenvalue weighted by Crippen LogP contribution is 2.21. The monoisotopic (exact) mass is 344 g/mol. The van der Waals surface area contributed by atoms with E-state index in [1.165, 1.54) is 16.8 Å². The van der Waals surface area contributed by atoms with Gasteiger partial charge in [0.25, 0.3) is 0 Å². The topological polar surface area (TPSA) is 79.2 Å². The van der Waals surface area contributed by atoms with E-state index in [0.29, 0.717) is 6.54 Å². The third-order valence-corrected chi connectivity index (χ3v) is 4.36. The van der Waals surface area contributed by atoms with E-state index in [1.807, 2.05) is 18.7 Å². The first-order valence-corrected chi connectivity index (χ1v) is 8.82. The quantitative estimate of drug-likeness (QED) is 0.686. The van der Waals surface area contributed by atoms with Crippen LogP contribution in [0.5, 0.6) is 0 Å². The van der Waals surface area contributed by atoms with Crippen molar-refractivity contribution in [2.75, 3.05) is 12.4 Å². The van der Waals surface area contributed by atoms with Crippen molar-refractivity contribution in [3.05, 3.63) is 46.8 Å². The van der Waals surface area contributed by atoms with E-state index < -0.39 is 6.09 Å². The second kappa shape index (κ2) is 8.55. The number of carbonyl (C=O) groups is 1. The van der Waals surface area contributed by atoms with Crippen LogP contribution in [0.2, 0.25) is 0 Å². The van der Waals surface area contributed by atoms with Crippen molar-refractivity contribution in [1.29, 1.82) is 0 Å². The molecule has 0 saturated carbocycles. The highest BCUT2D eigenvalue weighted by molar-refractivity contribution is 5.64. The zero-order valence-electron chi connectivity index (χ0n) is 15.5. The number of anilines is 1. The molecule has 1 heterocycles. The normalized spacial score (nSPS) is 12.0. The molecule has 25 heavy (non-hydrogen) atoms. The van der Waals surface area contributed by atoms with Crippen molar-refractivity contribution in [2.45, 2.75) is 52.6 Å². The summed E-state index contributed by atoms with van der Waals surface area (Å²) in [6.45, 7) is 6.63. The fraction of sp³-hybridized carbons (Fsp3) is 0.474. The number of amides is 1. The van der Waals surface area contributed by atoms with Crippen LogP contribution in [0, 0.1) is 0 Å². The summed E-state index contributed by atoms with van der Waals surface area (Å²) in [5, 5.41) is 19.3. The number of aryl methyl sites for hydroxylation is 1. The van der Waals surface area contributed by atoms with Gasteiger partial charge in [-0.1, -0.05) is 26.0 Å². The predicted octanol–water partition coefficient (Wildman–Crippen LogP) is 3.30. The van der Waals surface area contributed by atoms with Gasteiger partial charge in [-0.05, 0) is 37.5 Å². The lowest BCUT2D eigenvalue weighted by molar-refractivity contribution is 0.189. The van der Waals surface area contributed by atoms with E-state index >= 15 is 0 Å². The molecule has 2 rings (SSSR count). The molecule has 0 spiro atoms. The van der Waals surface area contributed by atoms with Crippen LogP contribution < -0.4 is 10.6 Å². The second-order valence-corrected chi connectivity index (χ2v) is 6.24. The van der Waals surface area contributed by atoms with Gasteiger partial charge >= 0.3 is 6.09 Å². The summed E-state index contributed by atoms with van der Waals surface area (Å²) < 4.78 is 1.97. The highest BCUT2D eigenvalue weighted by atomic mass is 16.4. The fourth-order valence-corrected chi connectivity index (χ4v) is 3.13. The third-order valence-electron chi connectivity index (χ3n) is 4.36. The number of benzene rings is 1. The Balaban J connectivity index is 2.27. The molecule has 0 bridgehead atoms. The van der Waals surface area contributed by atoms with Crippen molar-refractivity contribution < 1.29 is 9.90 Å². The molecule has 0 aliphatic heterocycles. The van der Waals surface area contributed by atoms with E-state index in [4.69, 9.17) is 10.2 Å². The Morgan fingerprint density at radius 1 is 1.24 bits per heavy atom. The first-order valence-electron chi connectivity index (χ1n) is 8.82. The molecule has 1 aromatic carbocycles. The maximum Gasteiger partial charge on any atom is 0.404 e. The molecule has 136 valence electrons. The molecule has 6 heteroatoms. The molecule has 1 aromatic heterocycles. The number of hydrogen-bond donors (Lipinski definition) is 3. The van der Waals surface area contributed by atoms with Gasteiger partial charge in [0.1, 0.15) is 0 Å². The number of nitrogens with one attached hydrogen (secondary N) is 2. The van der Waals surface area contributed by atoms with Crippen LogP contribution in [0.3, 0.4) is 0 Å². The lowest BCUT2D eigenvalue weighted by Gasteiger charge is -2.14. The molecule has 0 aliphatic rings. The Hall–Kier alpha value is -2.50. The summed E-state index contributed by atoms with van der Waals surface area (Å²) in [6, 6.07) is 8.24. The standard InChI is InChI=1S/C19H28N4O2/c1-5-17-16(11-14-7-9-15(20-4)10-8-14)18(6-2)23(22-17)12-13(3)21-19(24)25/h7-10,13,20-21H,5-6,11-12H2,1-4H3,(H,24,25)/t13-/m0/s1. The van der Waals surface area contributed by atoms with Gasteiger partial charge in [0.15, 0.2) is 0 Å². The summed E-state index contributed by atoms with van der Waals surface area (Å²) in [4.78, 5) is 10.8. The van der Waals surface area contributed by atoms with E-state index in [9.17, 15) is 4.79 Å². The molecule has 2 aromatic rings. The van der Waals surface area contributed by atoms with E-state index in [0.717, 1.165) is 30.6 Å². The van der Waals surface area contributed by atoms with Crippen molar-refractivity contribution in [3.63, 3.8) is 0 Å². The van der Waals surface area contributed by atoms with Gasteiger partial charge in [-0.2, -0.15) is 5.10 Å². The molecular formula is C19H28N4O2. The van der Waals surface area contributed by atoms with Crippen LogP contribution in [-0.4, -0.2) is 34.1 Å². The van der Waals surface area contributed by atoms with Crippen LogP contribution in [0.25, 0.3) is 0 Å². The summed E-state index contributed by atoms with van der Waals surface area (Å²) in [5.41, 5.74) is 5.90. The summed E-state index contributed by atoms with van der Waals surface area (Å²) >= 11 is 0. The minimum absolute atomic E-state index is 0.185. The van der Waals surface area contributed by atoms with Crippen molar-refractivity contribution >= 4 is 11.8 Å². The van der Waals surface area contributed by atoms with Gasteiger partial charge in [0.05, 0.1) is 12.2 Å². The van der Waals surface area contributed by atoms with Gasteiger partial charge in [-0.15, -0.1) is 0 Å². The number of hydrogen-bond acceptors (Lipinski definition) is 3. The van der Waals surface area contributed by atoms with E-state index in [2.05, 4.69) is 48.7 Å². The largest absolute Gasteiger partial charge is 0.465 e. The molecule has 3 N–H and O–H groups in total. The SMILES string of the molecule is CCc1nn(C[C@H](C)NC(=O)O)c(CC)c1Cc1ccc(NC)cc1. The molecule has 6 nitrogen and oxygen atoms in total. The van der Waals surface area contributed by atoms with Crippen LogP contribution >= 0.6 is 0 Å². The Morgan fingerprint density at radius 2 is 1.92 bits per heavy atom. The summed E-state index contributed by atoms with van der Waals surface area (Å²) in [6.07, 6.45) is 1.58. The smallest absolute Gasteiger partial charge is 0.404 e. The molecule has 0 unspecified atom stereocenters. The molecule has 1 atom stereocenters. The van der Waals surface area contributed by atoms with Gasteiger partial charge in [-0.25, -0.2) is 4.79 Å². The van der Waals surface area contributed by atoms with Crippen LogP contribution in [0.15, 0.2) is 24.3 Å². The Kier molecular flexibility index (Phi) is 6.44. The van der Waals surface area contributed by atoms with Gasteiger partial charge in [0, 0.05) is 36.5 Å². The molecule has 0 aliphatic carbocycles. The maximum atomic E-state index is 10.8. The predicted molar refractivity (Wildman–Crippen MR) is 100 cm³/mol. The molecule has 0 radical (unpaired) electrons. The Labute approximate surface area is 149 Å². The Morgan fingerprint density at radius 3 is 2.44 bits per heavy atom. The second-order valence-electron chi connectivity index (χ2n) is 6.24. The van der Waals surface area contributed by atoms with Crippen molar-refractivity contribution in [3.8, 4) is 0 Å². The lowest BCUT2D eigenvalue weighted by Crippen LogP contribution is -2.35. The van der Waals surface area contributed by atoms with Crippen LogP contribution in [0.4, 0.5) is 10.5 Å². The first-order chi connectivity index (χ1) is 12.0. The molecule has 1 amide bonds. The maximum absolute atomic E-state index is 10.8. The minimum atomic E-state index is -1.00. The number of aromatic nitrogens is 2. The number of carboxylic acid groups (broad SMARTS) is 1. The van der Waals surface area contributed by atoms with E-state index in [1.54, 1.807) is 0 Å². The number of nitrogens with zero attached hydrogens (tertiary/aromatic N) is 2. The summed E-state index contributed by atoms with van der Waals surface area (Å²) in [7, 11) is 1.91. The van der Waals surface area contributed by atoms with Gasteiger partial charge in [-0.3, -0.25) is 4.68 Å². The zero-order valence-corrected chi connectivity index (χ0v) is 15.5. The average Bonchev–Trinajstić information content (AvgIpc) is 2.91. The van der Waals surface area contributed by atoms with Crippen LogP contribution in [-0.2, 0) is 25.8 Å². The Bertz CT molecular complexity index is 707. The van der Waals surface area contributed by atoms with Crippen LogP contribution in [0.1, 0.15) is 43.3 Å². The molecular weight excluding hydrogens is 316 g/mol. The van der Waals surface area contributed by atoms with Gasteiger partial charge < -0.3 is 15.7 Å². The highest BCUT2D eigenvalue weighted by Gasteiger charge is 2.18. The average molecular weight is 344 g/mol. The van der Waals surface area contributed by atoms with E-state index in [-0.39, 0.29) is 6.04 Å². The molecule has 0 saturated heterocycles. The number of rotatable bonds is 8. The molecule has 0 fully saturated rings. The summed E-state index contributed by atoms with van der Waals surface area (Å²) in [5.74, 6) is 0. The minimum Gasteiger partial charge on any atom is -0.465 e. The fourth-order valence-electron chi connectivity index (χ4n) is 3.13. The lowest BCUT2D eigenvalue weighted by atomic mass is 10.00. The third kappa shape index (κ3) is 4.75. The van der Waals surface area contributed by atoms with Crippen molar-refractivity contribution in [1.82, 2.24) is 15.1 Å². The van der Waals surface area contributed by atoms with Crippen molar-refractivity contribution in [2.24, 2.45) is 0 Å². The first kappa shape index (κ1) is 18.8. The zero-order chi connectivity index (χ0) is 18.4.